The summed E-state index contributed by atoms with van der Waals surface area (Å²) in [6.07, 6.45) is 9.02. The Kier molecular flexibility index (Phi) is 5.27. The number of carbonyl (C=O) groups is 1. The van der Waals surface area contributed by atoms with E-state index in [0.717, 1.165) is 17.8 Å². The zero-order valence-corrected chi connectivity index (χ0v) is 13.6. The minimum Gasteiger partial charge on any atom is -0.354 e. The third-order valence-corrected chi connectivity index (χ3v) is 5.00. The van der Waals surface area contributed by atoms with Crippen LogP contribution in [0.3, 0.4) is 0 Å². The average molecular weight is 317 g/mol. The summed E-state index contributed by atoms with van der Waals surface area (Å²) >= 11 is 1.68. The van der Waals surface area contributed by atoms with Crippen LogP contribution in [0, 0.1) is 5.92 Å². The van der Waals surface area contributed by atoms with E-state index < -0.39 is 0 Å². The number of thiophene rings is 1. The van der Waals surface area contributed by atoms with Crippen LogP contribution in [0.5, 0.6) is 0 Å². The maximum Gasteiger partial charge on any atom is 0.220 e. The monoisotopic (exact) mass is 317 g/mol. The summed E-state index contributed by atoms with van der Waals surface area (Å²) in [5.74, 6) is 0.792. The molecular weight excluding hydrogens is 294 g/mol. The van der Waals surface area contributed by atoms with E-state index in [2.05, 4.69) is 27.2 Å². The van der Waals surface area contributed by atoms with E-state index in [4.69, 9.17) is 0 Å². The lowest BCUT2D eigenvalue weighted by molar-refractivity contribution is -0.122. The van der Waals surface area contributed by atoms with E-state index in [9.17, 15) is 4.79 Å². The molecule has 118 valence electrons. The minimum atomic E-state index is 0.192. The molecule has 2 aromatic heterocycles. The van der Waals surface area contributed by atoms with Crippen LogP contribution in [0.2, 0.25) is 0 Å². The van der Waals surface area contributed by atoms with Crippen LogP contribution >= 0.6 is 11.3 Å². The number of hydrogen-bond acceptors (Lipinski definition) is 3. The van der Waals surface area contributed by atoms with E-state index in [1.807, 2.05) is 16.9 Å². The Hall–Kier alpha value is -1.62. The molecule has 3 rings (SSSR count). The van der Waals surface area contributed by atoms with Crippen LogP contribution in [0.1, 0.15) is 38.5 Å². The van der Waals surface area contributed by atoms with Gasteiger partial charge in [-0.15, -0.1) is 0 Å². The van der Waals surface area contributed by atoms with Crippen molar-refractivity contribution in [2.24, 2.45) is 5.92 Å². The van der Waals surface area contributed by atoms with Crippen LogP contribution in [-0.4, -0.2) is 22.2 Å². The van der Waals surface area contributed by atoms with E-state index in [1.165, 1.54) is 32.1 Å². The van der Waals surface area contributed by atoms with Crippen molar-refractivity contribution in [3.63, 3.8) is 0 Å². The molecule has 1 saturated carbocycles. The van der Waals surface area contributed by atoms with Crippen molar-refractivity contribution >= 4 is 17.2 Å². The van der Waals surface area contributed by atoms with Crippen LogP contribution in [-0.2, 0) is 11.3 Å². The topological polar surface area (TPSA) is 46.9 Å². The summed E-state index contributed by atoms with van der Waals surface area (Å²) in [4.78, 5) is 12.0. The van der Waals surface area contributed by atoms with Gasteiger partial charge in [0.2, 0.25) is 5.91 Å². The SMILES string of the molecule is O=C(CC1CCCCC1)NCCn1ccc(-c2ccsc2)n1. The fourth-order valence-electron chi connectivity index (χ4n) is 3.09. The lowest BCUT2D eigenvalue weighted by Gasteiger charge is -2.20. The van der Waals surface area contributed by atoms with Crippen LogP contribution in [0.15, 0.2) is 29.1 Å². The van der Waals surface area contributed by atoms with Gasteiger partial charge < -0.3 is 5.32 Å². The Bertz CT molecular complexity index is 585. The molecule has 4 nitrogen and oxygen atoms in total. The molecule has 1 fully saturated rings. The van der Waals surface area contributed by atoms with E-state index in [0.29, 0.717) is 18.9 Å². The van der Waals surface area contributed by atoms with Gasteiger partial charge in [-0.25, -0.2) is 0 Å². The Morgan fingerprint density at radius 3 is 2.95 bits per heavy atom. The normalized spacial score (nSPS) is 15.8. The summed E-state index contributed by atoms with van der Waals surface area (Å²) in [7, 11) is 0. The van der Waals surface area contributed by atoms with Crippen LogP contribution in [0.4, 0.5) is 0 Å². The van der Waals surface area contributed by atoms with Crippen molar-refractivity contribution in [1.82, 2.24) is 15.1 Å². The molecule has 1 aliphatic rings. The molecule has 0 unspecified atom stereocenters. The van der Waals surface area contributed by atoms with Gasteiger partial charge in [-0.2, -0.15) is 16.4 Å². The Morgan fingerprint density at radius 2 is 2.18 bits per heavy atom. The highest BCUT2D eigenvalue weighted by atomic mass is 32.1. The van der Waals surface area contributed by atoms with Crippen molar-refractivity contribution in [2.75, 3.05) is 6.54 Å². The van der Waals surface area contributed by atoms with E-state index in [1.54, 1.807) is 11.3 Å². The number of nitrogens with one attached hydrogen (secondary N) is 1. The smallest absolute Gasteiger partial charge is 0.220 e. The van der Waals surface area contributed by atoms with Crippen molar-refractivity contribution in [3.8, 4) is 11.3 Å². The first kappa shape index (κ1) is 15.3. The Balaban J connectivity index is 1.40. The Morgan fingerprint density at radius 1 is 1.32 bits per heavy atom. The summed E-state index contributed by atoms with van der Waals surface area (Å²) in [6, 6.07) is 4.09. The molecule has 0 aromatic carbocycles. The Labute approximate surface area is 135 Å². The van der Waals surface area contributed by atoms with Crippen molar-refractivity contribution in [1.29, 1.82) is 0 Å². The van der Waals surface area contributed by atoms with E-state index >= 15 is 0 Å². The zero-order valence-electron chi connectivity index (χ0n) is 12.8. The third kappa shape index (κ3) is 4.19. The summed E-state index contributed by atoms with van der Waals surface area (Å²) in [6.45, 7) is 1.37. The van der Waals surface area contributed by atoms with Crippen molar-refractivity contribution in [2.45, 2.75) is 45.1 Å². The molecule has 1 N–H and O–H groups in total. The zero-order chi connectivity index (χ0) is 15.2. The molecule has 5 heteroatoms. The molecule has 0 aliphatic heterocycles. The number of nitrogens with zero attached hydrogens (tertiary/aromatic N) is 2. The highest BCUT2D eigenvalue weighted by molar-refractivity contribution is 7.08. The standard InChI is InChI=1S/C17H23N3OS/c21-17(12-14-4-2-1-3-5-14)18-8-10-20-9-6-16(19-20)15-7-11-22-13-15/h6-7,9,11,13-14H,1-5,8,10,12H2,(H,18,21). The van der Waals surface area contributed by atoms with Gasteiger partial charge in [0.1, 0.15) is 0 Å². The highest BCUT2D eigenvalue weighted by Crippen LogP contribution is 2.26. The van der Waals surface area contributed by atoms with Gasteiger partial charge in [0, 0.05) is 30.1 Å². The number of aromatic nitrogens is 2. The fourth-order valence-corrected chi connectivity index (χ4v) is 3.74. The molecule has 0 bridgehead atoms. The maximum atomic E-state index is 12.0. The largest absolute Gasteiger partial charge is 0.354 e. The van der Waals surface area contributed by atoms with E-state index in [-0.39, 0.29) is 5.91 Å². The van der Waals surface area contributed by atoms with Crippen molar-refractivity contribution < 1.29 is 4.79 Å². The fraction of sp³-hybridized carbons (Fsp3) is 0.529. The van der Waals surface area contributed by atoms with Gasteiger partial charge in [0.25, 0.3) is 0 Å². The van der Waals surface area contributed by atoms with Gasteiger partial charge in [-0.05, 0) is 36.3 Å². The quantitative estimate of drug-likeness (QED) is 0.883. The number of hydrogen-bond donors (Lipinski definition) is 1. The van der Waals surface area contributed by atoms with Gasteiger partial charge >= 0.3 is 0 Å². The maximum absolute atomic E-state index is 12.0. The molecule has 2 heterocycles. The minimum absolute atomic E-state index is 0.192. The molecule has 2 aromatic rings. The second-order valence-corrected chi connectivity index (χ2v) is 6.81. The predicted molar refractivity (Wildman–Crippen MR) is 89.7 cm³/mol. The number of rotatable bonds is 6. The second kappa shape index (κ2) is 7.58. The lowest BCUT2D eigenvalue weighted by atomic mass is 9.87. The molecule has 1 amide bonds. The van der Waals surface area contributed by atoms with Gasteiger partial charge in [-0.3, -0.25) is 9.48 Å². The molecule has 0 spiro atoms. The molecule has 0 atom stereocenters. The second-order valence-electron chi connectivity index (χ2n) is 6.03. The van der Waals surface area contributed by atoms with Crippen molar-refractivity contribution in [3.05, 3.63) is 29.1 Å². The lowest BCUT2D eigenvalue weighted by Crippen LogP contribution is -2.29. The van der Waals surface area contributed by atoms with Gasteiger partial charge in [0.15, 0.2) is 0 Å². The molecule has 22 heavy (non-hydrogen) atoms. The van der Waals surface area contributed by atoms with Crippen LogP contribution < -0.4 is 5.32 Å². The first-order valence-electron chi connectivity index (χ1n) is 8.14. The highest BCUT2D eigenvalue weighted by Gasteiger charge is 2.16. The first-order chi connectivity index (χ1) is 10.8. The molecule has 1 aliphatic carbocycles. The predicted octanol–water partition coefficient (Wildman–Crippen LogP) is 3.70. The first-order valence-corrected chi connectivity index (χ1v) is 9.08. The van der Waals surface area contributed by atoms with Gasteiger partial charge in [0.05, 0.1) is 12.2 Å². The van der Waals surface area contributed by atoms with Gasteiger partial charge in [-0.1, -0.05) is 19.3 Å². The van der Waals surface area contributed by atoms with Crippen LogP contribution in [0.25, 0.3) is 11.3 Å². The molecule has 0 saturated heterocycles. The number of carbonyl (C=O) groups excluding carboxylic acids is 1. The number of amides is 1. The summed E-state index contributed by atoms with van der Waals surface area (Å²) < 4.78 is 1.90. The summed E-state index contributed by atoms with van der Waals surface area (Å²) in [5.41, 5.74) is 2.15. The molecular formula is C17H23N3OS. The average Bonchev–Trinajstić information content (AvgIpc) is 3.19. The third-order valence-electron chi connectivity index (χ3n) is 4.32. The molecule has 0 radical (unpaired) electrons. The summed E-state index contributed by atoms with van der Waals surface area (Å²) in [5, 5.41) is 11.7.